The van der Waals surface area contributed by atoms with Gasteiger partial charge in [0, 0.05) is 5.92 Å². The number of rotatable bonds is 7. The van der Waals surface area contributed by atoms with Gasteiger partial charge in [-0.2, -0.15) is 9.91 Å². The van der Waals surface area contributed by atoms with Gasteiger partial charge in [0.2, 0.25) is 17.6 Å². The van der Waals surface area contributed by atoms with Crippen molar-refractivity contribution in [1.29, 1.82) is 0 Å². The van der Waals surface area contributed by atoms with E-state index in [2.05, 4.69) is 5.43 Å². The van der Waals surface area contributed by atoms with Crippen molar-refractivity contribution in [3.05, 3.63) is 101 Å². The van der Waals surface area contributed by atoms with E-state index in [9.17, 15) is 24.3 Å². The Labute approximate surface area is 288 Å². The third-order valence-electron chi connectivity index (χ3n) is 10.7. The number of aromatic hydroxyl groups is 1. The summed E-state index contributed by atoms with van der Waals surface area (Å²) < 4.78 is 10.7. The van der Waals surface area contributed by atoms with Gasteiger partial charge in [-0.15, -0.1) is 0 Å². The summed E-state index contributed by atoms with van der Waals surface area (Å²) in [5.74, 6) is -6.28. The van der Waals surface area contributed by atoms with Gasteiger partial charge in [0.05, 0.1) is 43.1 Å². The molecule has 4 aliphatic rings. The zero-order valence-electron chi connectivity index (χ0n) is 27.7. The molecule has 0 aromatic heterocycles. The molecule has 12 nitrogen and oxygen atoms in total. The number of aryl methyl sites for hydroxylation is 1. The van der Waals surface area contributed by atoms with Crippen LogP contribution in [0.15, 0.2) is 84.5 Å². The Morgan fingerprint density at radius 2 is 1.60 bits per heavy atom. The average molecular weight is 677 g/mol. The Morgan fingerprint density at radius 3 is 2.22 bits per heavy atom. The predicted octanol–water partition coefficient (Wildman–Crippen LogP) is 4.33. The lowest BCUT2D eigenvalue weighted by Gasteiger charge is -2.49. The molecule has 12 heteroatoms. The van der Waals surface area contributed by atoms with Crippen LogP contribution in [0.2, 0.25) is 0 Å². The Kier molecular flexibility index (Phi) is 7.96. The van der Waals surface area contributed by atoms with Crippen LogP contribution in [-0.2, 0) is 24.6 Å². The second-order valence-electron chi connectivity index (χ2n) is 13.1. The topological polar surface area (TPSA) is 169 Å². The van der Waals surface area contributed by atoms with E-state index in [1.165, 1.54) is 14.2 Å². The smallest absolute Gasteiger partial charge is 0.328 e. The highest BCUT2D eigenvalue weighted by Crippen LogP contribution is 2.61. The van der Waals surface area contributed by atoms with Crippen LogP contribution in [0.5, 0.6) is 17.2 Å². The van der Waals surface area contributed by atoms with Crippen LogP contribution in [0.3, 0.4) is 0 Å². The van der Waals surface area contributed by atoms with Crippen molar-refractivity contribution in [3.8, 4) is 17.2 Å². The molecule has 2 aliphatic heterocycles. The minimum absolute atomic E-state index is 0.0787. The Hall–Kier alpha value is -5.91. The van der Waals surface area contributed by atoms with Gasteiger partial charge in [0.15, 0.2) is 11.5 Å². The summed E-state index contributed by atoms with van der Waals surface area (Å²) in [6.45, 7) is 1.93. The van der Waals surface area contributed by atoms with Crippen LogP contribution < -0.4 is 20.6 Å². The molecule has 7 rings (SSSR count). The van der Waals surface area contributed by atoms with Gasteiger partial charge in [0.1, 0.15) is 0 Å². The van der Waals surface area contributed by atoms with Crippen molar-refractivity contribution in [3.63, 3.8) is 0 Å². The summed E-state index contributed by atoms with van der Waals surface area (Å²) in [6, 6.07) is 18.5. The molecule has 2 aliphatic carbocycles. The summed E-state index contributed by atoms with van der Waals surface area (Å²) >= 11 is 0. The second kappa shape index (κ2) is 12.2. The Morgan fingerprint density at radius 1 is 0.940 bits per heavy atom. The van der Waals surface area contributed by atoms with Gasteiger partial charge in [-0.05, 0) is 61.1 Å². The Bertz CT molecular complexity index is 1970. The number of ether oxygens (including phenoxy) is 2. The maximum atomic E-state index is 15.1. The molecule has 2 saturated heterocycles. The zero-order valence-corrected chi connectivity index (χ0v) is 27.7. The van der Waals surface area contributed by atoms with Crippen molar-refractivity contribution in [1.82, 2.24) is 9.91 Å². The molecule has 4 N–H and O–H groups in total. The minimum atomic E-state index is -1.46. The highest BCUT2D eigenvalue weighted by molar-refractivity contribution is 6.17. The van der Waals surface area contributed by atoms with E-state index < -0.39 is 64.7 Å². The van der Waals surface area contributed by atoms with Crippen molar-refractivity contribution in [2.24, 2.45) is 35.3 Å². The second-order valence-corrected chi connectivity index (χ2v) is 13.1. The molecular weight excluding hydrogens is 640 g/mol. The van der Waals surface area contributed by atoms with Crippen LogP contribution in [0.25, 0.3) is 6.08 Å². The van der Waals surface area contributed by atoms with Crippen LogP contribution >= 0.6 is 0 Å². The number of urea groups is 1. The van der Waals surface area contributed by atoms with E-state index in [1.54, 1.807) is 30.3 Å². The average Bonchev–Trinajstić information content (AvgIpc) is 3.50. The van der Waals surface area contributed by atoms with E-state index in [1.807, 2.05) is 61.5 Å². The number of nitrogens with one attached hydrogen (secondary N) is 1. The molecule has 256 valence electrons. The van der Waals surface area contributed by atoms with Crippen LogP contribution in [0.1, 0.15) is 29.5 Å². The molecule has 2 heterocycles. The third-order valence-corrected chi connectivity index (χ3v) is 10.7. The molecule has 0 bridgehead atoms. The molecule has 6 atom stereocenters. The number of imide groups is 4. The molecule has 50 heavy (non-hydrogen) atoms. The maximum absolute atomic E-state index is 15.1. The van der Waals surface area contributed by atoms with E-state index >= 15 is 4.79 Å². The lowest BCUT2D eigenvalue weighted by atomic mass is 9.50. The van der Waals surface area contributed by atoms with Crippen molar-refractivity contribution < 1.29 is 38.6 Å². The largest absolute Gasteiger partial charge is 0.502 e. The summed E-state index contributed by atoms with van der Waals surface area (Å²) in [4.78, 5) is 69.5. The monoisotopic (exact) mass is 676 g/mol. The van der Waals surface area contributed by atoms with Crippen molar-refractivity contribution in [2.45, 2.75) is 25.2 Å². The van der Waals surface area contributed by atoms with Gasteiger partial charge in [-0.1, -0.05) is 71.8 Å². The van der Waals surface area contributed by atoms with Crippen LogP contribution in [0.4, 0.5) is 10.5 Å². The number of benzene rings is 3. The molecular formula is C38H36N4O8. The number of primary amides is 1. The number of anilines is 1. The number of phenols is 1. The standard InChI is InChI=1S/C38H36N4O8/c1-20-9-12-23(13-10-20)40-42-34(45)28-19-26-24(14-15-25-31(26)35(46)41(33(25)44)37(39)48)27(38(28,36(42)47)22-7-5-4-6-8-22)16-11-21-17-29(49-2)32(43)30(18-21)50-3/h4-14,16-18,25-28,31,40,43H,15,19H2,1-3H3,(H2,39,48)/t25-,26+,27-,28-,31-,38-/m0/s1. The van der Waals surface area contributed by atoms with E-state index in [-0.39, 0.29) is 30.1 Å². The number of methoxy groups -OCH3 is 2. The molecule has 3 aromatic carbocycles. The lowest BCUT2D eigenvalue weighted by Crippen LogP contribution is -2.54. The maximum Gasteiger partial charge on any atom is 0.328 e. The van der Waals surface area contributed by atoms with Gasteiger partial charge in [-0.3, -0.25) is 24.6 Å². The highest BCUT2D eigenvalue weighted by atomic mass is 16.5. The molecule has 0 unspecified atom stereocenters. The quantitative estimate of drug-likeness (QED) is 0.244. The van der Waals surface area contributed by atoms with E-state index in [0.29, 0.717) is 27.3 Å². The SMILES string of the molecule is COc1cc(C=C[C@H]2C3=CC[C@@H]4C(=O)N(C(N)=O)C(=O)[C@@H]4[C@@H]3C[C@H]3C(=O)N(Nc4ccc(C)cc4)C(=O)[C@@]23c2ccccc2)cc(OC)c1O. The first-order valence-electron chi connectivity index (χ1n) is 16.3. The number of carbonyl (C=O) groups excluding carboxylic acids is 5. The molecule has 6 amide bonds. The molecule has 0 spiro atoms. The third kappa shape index (κ3) is 4.77. The number of nitrogens with zero attached hydrogens (tertiary/aromatic N) is 2. The number of allylic oxidation sites excluding steroid dienone is 3. The fourth-order valence-corrected chi connectivity index (χ4v) is 8.43. The number of amides is 6. The summed E-state index contributed by atoms with van der Waals surface area (Å²) in [7, 11) is 2.83. The number of hydrogen-bond acceptors (Lipinski definition) is 9. The van der Waals surface area contributed by atoms with Crippen molar-refractivity contribution >= 4 is 41.4 Å². The molecule has 3 aromatic rings. The van der Waals surface area contributed by atoms with Gasteiger partial charge >= 0.3 is 6.03 Å². The first-order valence-corrected chi connectivity index (χ1v) is 16.3. The van der Waals surface area contributed by atoms with Gasteiger partial charge in [-0.25, -0.2) is 4.79 Å². The number of phenolic OH excluding ortho intramolecular Hbond substituents is 1. The number of fused-ring (bicyclic) bond motifs is 4. The fourth-order valence-electron chi connectivity index (χ4n) is 8.43. The zero-order chi connectivity index (χ0) is 35.5. The summed E-state index contributed by atoms with van der Waals surface area (Å²) in [5, 5.41) is 11.6. The highest BCUT2D eigenvalue weighted by Gasteiger charge is 2.69. The number of hydrazine groups is 1. The van der Waals surface area contributed by atoms with Crippen LogP contribution in [-0.4, -0.2) is 58.9 Å². The number of likely N-dealkylation sites (tertiary alicyclic amines) is 1. The fraction of sp³-hybridized carbons (Fsp3) is 0.289. The first-order chi connectivity index (χ1) is 24.0. The van der Waals surface area contributed by atoms with E-state index in [4.69, 9.17) is 15.2 Å². The number of nitrogens with two attached hydrogens (primary N) is 1. The predicted molar refractivity (Wildman–Crippen MR) is 181 cm³/mol. The van der Waals surface area contributed by atoms with Gasteiger partial charge in [0.25, 0.3) is 11.8 Å². The van der Waals surface area contributed by atoms with Crippen LogP contribution in [0, 0.1) is 36.5 Å². The Balaban J connectivity index is 1.43. The lowest BCUT2D eigenvalue weighted by molar-refractivity contribution is -0.139. The minimum Gasteiger partial charge on any atom is -0.502 e. The van der Waals surface area contributed by atoms with E-state index in [0.717, 1.165) is 10.6 Å². The summed E-state index contributed by atoms with van der Waals surface area (Å²) in [5.41, 5.74) is 10.5. The molecule has 3 fully saturated rings. The number of carbonyl (C=O) groups is 5. The molecule has 1 saturated carbocycles. The first kappa shape index (κ1) is 32.6. The number of hydrogen-bond donors (Lipinski definition) is 3. The van der Waals surface area contributed by atoms with Crippen molar-refractivity contribution in [2.75, 3.05) is 19.6 Å². The summed E-state index contributed by atoms with van der Waals surface area (Å²) in [6.07, 6.45) is 5.70. The molecule has 0 radical (unpaired) electrons. The van der Waals surface area contributed by atoms with Gasteiger partial charge < -0.3 is 20.3 Å². The normalized spacial score (nSPS) is 27.2.